The number of aliphatic carboxylic acids is 1. The number of nitrogens with one attached hydrogen (secondary N) is 1. The van der Waals surface area contributed by atoms with Crippen LogP contribution in [0, 0.1) is 0 Å². The highest BCUT2D eigenvalue weighted by Gasteiger charge is 2.10. The van der Waals surface area contributed by atoms with Gasteiger partial charge in [-0.2, -0.15) is 0 Å². The van der Waals surface area contributed by atoms with E-state index in [4.69, 9.17) is 5.11 Å². The first-order valence-electron chi connectivity index (χ1n) is 3.46. The van der Waals surface area contributed by atoms with Gasteiger partial charge < -0.3 is 10.4 Å². The van der Waals surface area contributed by atoms with Crippen LogP contribution < -0.4 is 5.32 Å². The van der Waals surface area contributed by atoms with Gasteiger partial charge in [-0.25, -0.2) is 4.79 Å². The number of carboxylic acids is 1. The molecule has 0 aliphatic heterocycles. The average Bonchev–Trinajstić information content (AvgIpc) is 2.47. The maximum Gasteiger partial charge on any atom is 0.394 e. The Balaban J connectivity index is 2.48. The predicted molar refractivity (Wildman–Crippen MR) is 40.5 cm³/mol. The summed E-state index contributed by atoms with van der Waals surface area (Å²) in [5.74, 6) is -2.55. The molecule has 0 aromatic carbocycles. The lowest BCUT2D eigenvalue weighted by Gasteiger charge is -2.00. The fourth-order valence-electron chi connectivity index (χ4n) is 0.717. The Morgan fingerprint density at radius 1 is 1.69 bits per heavy atom. The second-order valence-corrected chi connectivity index (χ2v) is 2.34. The number of hydrogen-bond acceptors (Lipinski definition) is 4. The van der Waals surface area contributed by atoms with Crippen molar-refractivity contribution in [2.75, 3.05) is 0 Å². The van der Waals surface area contributed by atoms with Crippen molar-refractivity contribution in [1.29, 1.82) is 0 Å². The van der Waals surface area contributed by atoms with E-state index in [0.29, 0.717) is 5.69 Å². The zero-order valence-corrected chi connectivity index (χ0v) is 6.89. The molecule has 1 aromatic rings. The molecule has 13 heavy (non-hydrogen) atoms. The van der Waals surface area contributed by atoms with Crippen molar-refractivity contribution >= 4 is 11.9 Å². The molecular weight excluding hydrogens is 176 g/mol. The molecule has 1 rings (SSSR count). The number of aryl methyl sites for hydroxylation is 1. The minimum absolute atomic E-state index is 0.106. The molecule has 0 spiro atoms. The Labute approximate surface area is 73.4 Å². The minimum atomic E-state index is -1.50. The molecule has 0 bridgehead atoms. The van der Waals surface area contributed by atoms with Gasteiger partial charge >= 0.3 is 11.9 Å². The third kappa shape index (κ3) is 2.26. The van der Waals surface area contributed by atoms with Gasteiger partial charge in [-0.05, 0) is 0 Å². The second-order valence-electron chi connectivity index (χ2n) is 2.34. The number of amides is 1. The van der Waals surface area contributed by atoms with Crippen molar-refractivity contribution in [3.8, 4) is 0 Å². The van der Waals surface area contributed by atoms with E-state index in [9.17, 15) is 9.59 Å². The first kappa shape index (κ1) is 9.17. The van der Waals surface area contributed by atoms with Gasteiger partial charge in [0, 0.05) is 7.05 Å². The molecule has 7 heteroatoms. The Morgan fingerprint density at radius 2 is 2.38 bits per heavy atom. The molecule has 0 unspecified atom stereocenters. The molecule has 0 aliphatic carbocycles. The fraction of sp³-hybridized carbons (Fsp3) is 0.333. The predicted octanol–water partition coefficient (Wildman–Crippen LogP) is -1.48. The van der Waals surface area contributed by atoms with E-state index in [1.807, 2.05) is 0 Å². The number of rotatable bonds is 2. The van der Waals surface area contributed by atoms with E-state index in [1.165, 1.54) is 10.9 Å². The van der Waals surface area contributed by atoms with Crippen molar-refractivity contribution in [3.05, 3.63) is 11.9 Å². The first-order valence-corrected chi connectivity index (χ1v) is 3.46. The lowest BCUT2D eigenvalue weighted by Crippen LogP contribution is -2.30. The summed E-state index contributed by atoms with van der Waals surface area (Å²) in [6.45, 7) is 0.106. The van der Waals surface area contributed by atoms with E-state index in [0.717, 1.165) is 0 Å². The zero-order chi connectivity index (χ0) is 9.84. The Bertz CT molecular complexity index is 332. The molecular formula is C6H8N4O3. The van der Waals surface area contributed by atoms with E-state index < -0.39 is 11.9 Å². The third-order valence-corrected chi connectivity index (χ3v) is 1.43. The normalized spacial score (nSPS) is 9.62. The molecule has 0 atom stereocenters. The van der Waals surface area contributed by atoms with Crippen LogP contribution in [0.1, 0.15) is 5.69 Å². The lowest BCUT2D eigenvalue weighted by atomic mass is 10.4. The summed E-state index contributed by atoms with van der Waals surface area (Å²) in [6, 6.07) is 0. The molecule has 0 fully saturated rings. The number of nitrogens with zero attached hydrogens (tertiary/aromatic N) is 3. The average molecular weight is 184 g/mol. The smallest absolute Gasteiger partial charge is 0.394 e. The summed E-state index contributed by atoms with van der Waals surface area (Å²) >= 11 is 0. The Hall–Kier alpha value is -1.92. The van der Waals surface area contributed by atoms with Crippen LogP contribution in [0.5, 0.6) is 0 Å². The fourth-order valence-corrected chi connectivity index (χ4v) is 0.717. The van der Waals surface area contributed by atoms with E-state index in [1.54, 1.807) is 7.05 Å². The summed E-state index contributed by atoms with van der Waals surface area (Å²) in [5.41, 5.74) is 0.634. The van der Waals surface area contributed by atoms with Crippen LogP contribution >= 0.6 is 0 Å². The third-order valence-electron chi connectivity index (χ3n) is 1.43. The monoisotopic (exact) mass is 184 g/mol. The highest BCUT2D eigenvalue weighted by molar-refractivity contribution is 6.31. The van der Waals surface area contributed by atoms with E-state index in [-0.39, 0.29) is 6.54 Å². The number of carbonyl (C=O) groups is 2. The summed E-state index contributed by atoms with van der Waals surface area (Å²) in [6.07, 6.45) is 1.45. The van der Waals surface area contributed by atoms with Crippen molar-refractivity contribution in [3.63, 3.8) is 0 Å². The van der Waals surface area contributed by atoms with Crippen LogP contribution in [-0.2, 0) is 23.2 Å². The van der Waals surface area contributed by atoms with Crippen molar-refractivity contribution in [2.45, 2.75) is 6.54 Å². The lowest BCUT2D eigenvalue weighted by molar-refractivity contribution is -0.150. The van der Waals surface area contributed by atoms with E-state index >= 15 is 0 Å². The van der Waals surface area contributed by atoms with Gasteiger partial charge in [0.15, 0.2) is 0 Å². The number of carbonyl (C=O) groups excluding carboxylic acids is 1. The molecule has 70 valence electrons. The van der Waals surface area contributed by atoms with Gasteiger partial charge in [-0.1, -0.05) is 5.21 Å². The second kappa shape index (κ2) is 3.65. The maximum absolute atomic E-state index is 10.6. The van der Waals surface area contributed by atoms with Crippen LogP contribution in [0.4, 0.5) is 0 Å². The van der Waals surface area contributed by atoms with Crippen LogP contribution in [-0.4, -0.2) is 32.0 Å². The van der Waals surface area contributed by atoms with Crippen LogP contribution in [0.25, 0.3) is 0 Å². The van der Waals surface area contributed by atoms with Crippen LogP contribution in [0.15, 0.2) is 6.20 Å². The van der Waals surface area contributed by atoms with Gasteiger partial charge in [-0.3, -0.25) is 9.48 Å². The van der Waals surface area contributed by atoms with Crippen molar-refractivity contribution in [1.82, 2.24) is 20.3 Å². The molecule has 0 saturated heterocycles. The molecule has 1 heterocycles. The largest absolute Gasteiger partial charge is 0.474 e. The molecule has 1 aromatic heterocycles. The number of hydrogen-bond donors (Lipinski definition) is 2. The molecule has 2 N–H and O–H groups in total. The van der Waals surface area contributed by atoms with E-state index in [2.05, 4.69) is 15.6 Å². The number of aromatic nitrogens is 3. The Morgan fingerprint density at radius 3 is 2.85 bits per heavy atom. The van der Waals surface area contributed by atoms with Crippen LogP contribution in [0.2, 0.25) is 0 Å². The first-order chi connectivity index (χ1) is 6.11. The van der Waals surface area contributed by atoms with Gasteiger partial charge in [0.25, 0.3) is 0 Å². The van der Waals surface area contributed by atoms with Gasteiger partial charge in [0.05, 0.1) is 18.4 Å². The topological polar surface area (TPSA) is 97.1 Å². The highest BCUT2D eigenvalue weighted by atomic mass is 16.4. The summed E-state index contributed by atoms with van der Waals surface area (Å²) in [7, 11) is 1.65. The van der Waals surface area contributed by atoms with Gasteiger partial charge in [0.2, 0.25) is 0 Å². The SMILES string of the molecule is Cn1nncc1CNC(=O)C(=O)O. The van der Waals surface area contributed by atoms with Crippen molar-refractivity contribution in [2.24, 2.45) is 7.05 Å². The van der Waals surface area contributed by atoms with Gasteiger partial charge in [-0.15, -0.1) is 5.10 Å². The quantitative estimate of drug-likeness (QED) is 0.546. The maximum atomic E-state index is 10.6. The molecule has 0 aliphatic rings. The Kier molecular flexibility index (Phi) is 2.58. The molecule has 1 amide bonds. The summed E-state index contributed by atoms with van der Waals surface area (Å²) < 4.78 is 1.45. The standard InChI is InChI=1S/C6H8N4O3/c1-10-4(3-8-9-10)2-7-5(11)6(12)13/h3H,2H2,1H3,(H,7,11)(H,12,13). The molecule has 0 radical (unpaired) electrons. The number of carboxylic acid groups (broad SMARTS) is 1. The van der Waals surface area contributed by atoms with Crippen molar-refractivity contribution < 1.29 is 14.7 Å². The summed E-state index contributed by atoms with van der Waals surface area (Å²) in [4.78, 5) is 20.7. The molecule has 0 saturated carbocycles. The van der Waals surface area contributed by atoms with Crippen LogP contribution in [0.3, 0.4) is 0 Å². The zero-order valence-electron chi connectivity index (χ0n) is 6.89. The summed E-state index contributed by atoms with van der Waals surface area (Å²) in [5, 5.41) is 17.6. The minimum Gasteiger partial charge on any atom is -0.474 e. The highest BCUT2D eigenvalue weighted by Crippen LogP contribution is 1.91. The molecule has 7 nitrogen and oxygen atoms in total. The van der Waals surface area contributed by atoms with Gasteiger partial charge in [0.1, 0.15) is 0 Å².